The van der Waals surface area contributed by atoms with Gasteiger partial charge in [-0.1, -0.05) is 30.3 Å². The maximum Gasteiger partial charge on any atom is 0.410 e. The van der Waals surface area contributed by atoms with Crippen LogP contribution < -0.4 is 14.4 Å². The molecule has 0 saturated carbocycles. The Kier molecular flexibility index (Phi) is 9.98. The van der Waals surface area contributed by atoms with Crippen molar-refractivity contribution in [1.82, 2.24) is 9.80 Å². The molecule has 0 radical (unpaired) electrons. The van der Waals surface area contributed by atoms with Crippen LogP contribution in [-0.2, 0) is 20.8 Å². The fraction of sp³-hybridized carbons (Fsp3) is 0.533. The standard InChI is InChI=1S/C30H41N3O7/c1-30(2,3)40-29(35)33-14-13-32(28(34)39-22-23-8-6-5-7-9-23)21-25(33)12-17-38-26-11-10-24(20-27(26)36-4)31-15-18-37-19-16-31/h5-11,20,25H,12-19,21-22H2,1-4H3/t25-/m1/s1. The molecule has 40 heavy (non-hydrogen) atoms. The van der Waals surface area contributed by atoms with E-state index in [0.717, 1.165) is 24.3 Å². The highest BCUT2D eigenvalue weighted by atomic mass is 16.6. The van der Waals surface area contributed by atoms with Crippen molar-refractivity contribution in [3.8, 4) is 11.5 Å². The molecular formula is C30H41N3O7. The van der Waals surface area contributed by atoms with Crippen molar-refractivity contribution in [2.45, 2.75) is 45.4 Å². The van der Waals surface area contributed by atoms with E-state index in [-0.39, 0.29) is 12.6 Å². The van der Waals surface area contributed by atoms with Crippen LogP contribution >= 0.6 is 0 Å². The van der Waals surface area contributed by atoms with Crippen LogP contribution in [0.3, 0.4) is 0 Å². The molecule has 0 unspecified atom stereocenters. The highest BCUT2D eigenvalue weighted by Gasteiger charge is 2.35. The lowest BCUT2D eigenvalue weighted by atomic mass is 10.1. The number of methoxy groups -OCH3 is 1. The lowest BCUT2D eigenvalue weighted by molar-refractivity contribution is -0.00618. The molecule has 218 valence electrons. The third-order valence-electron chi connectivity index (χ3n) is 6.81. The summed E-state index contributed by atoms with van der Waals surface area (Å²) in [6.07, 6.45) is -0.308. The molecule has 10 heteroatoms. The van der Waals surface area contributed by atoms with Crippen LogP contribution in [0.25, 0.3) is 0 Å². The van der Waals surface area contributed by atoms with Gasteiger partial charge >= 0.3 is 12.2 Å². The third kappa shape index (κ3) is 8.17. The van der Waals surface area contributed by atoms with Crippen LogP contribution in [-0.4, -0.2) is 93.3 Å². The number of hydrogen-bond acceptors (Lipinski definition) is 8. The molecule has 0 spiro atoms. The van der Waals surface area contributed by atoms with Crippen molar-refractivity contribution >= 4 is 17.9 Å². The number of morpholine rings is 1. The Hall–Kier alpha value is -3.66. The zero-order chi connectivity index (χ0) is 28.5. The minimum Gasteiger partial charge on any atom is -0.493 e. The average Bonchev–Trinajstić information content (AvgIpc) is 2.96. The van der Waals surface area contributed by atoms with E-state index in [1.807, 2.05) is 69.3 Å². The third-order valence-corrected chi connectivity index (χ3v) is 6.81. The van der Waals surface area contributed by atoms with E-state index in [9.17, 15) is 9.59 Å². The normalized spacial score (nSPS) is 17.8. The van der Waals surface area contributed by atoms with Crippen LogP contribution in [0.1, 0.15) is 32.8 Å². The number of amides is 2. The topological polar surface area (TPSA) is 90.0 Å². The first kappa shape index (κ1) is 29.3. The number of benzene rings is 2. The lowest BCUT2D eigenvalue weighted by Gasteiger charge is -2.41. The number of rotatable bonds is 8. The second-order valence-corrected chi connectivity index (χ2v) is 10.9. The molecule has 2 fully saturated rings. The molecule has 2 aliphatic rings. The molecule has 0 N–H and O–H groups in total. The van der Waals surface area contributed by atoms with Gasteiger partial charge in [-0.15, -0.1) is 0 Å². The summed E-state index contributed by atoms with van der Waals surface area (Å²) in [6.45, 7) is 10.1. The maximum atomic E-state index is 13.0. The number of piperazine rings is 1. The van der Waals surface area contributed by atoms with Crippen LogP contribution in [0.2, 0.25) is 0 Å². The SMILES string of the molecule is COc1cc(N2CCOCC2)ccc1OCC[C@@H]1CN(C(=O)OCc2ccccc2)CCN1C(=O)OC(C)(C)C. The minimum atomic E-state index is -0.626. The monoisotopic (exact) mass is 555 g/mol. The summed E-state index contributed by atoms with van der Waals surface area (Å²) >= 11 is 0. The summed E-state index contributed by atoms with van der Waals surface area (Å²) in [5.41, 5.74) is 1.35. The Morgan fingerprint density at radius 2 is 1.70 bits per heavy atom. The molecule has 0 aliphatic carbocycles. The van der Waals surface area contributed by atoms with Gasteiger partial charge in [-0.3, -0.25) is 0 Å². The fourth-order valence-corrected chi connectivity index (χ4v) is 4.74. The molecule has 10 nitrogen and oxygen atoms in total. The van der Waals surface area contributed by atoms with Gasteiger partial charge in [0, 0.05) is 50.9 Å². The Balaban J connectivity index is 1.39. The van der Waals surface area contributed by atoms with Crippen LogP contribution in [0.15, 0.2) is 48.5 Å². The first-order valence-corrected chi connectivity index (χ1v) is 13.8. The Bertz CT molecular complexity index is 1120. The van der Waals surface area contributed by atoms with Crippen molar-refractivity contribution in [1.29, 1.82) is 0 Å². The zero-order valence-electron chi connectivity index (χ0n) is 24.0. The number of carbonyl (C=O) groups excluding carboxylic acids is 2. The summed E-state index contributed by atoms with van der Waals surface area (Å²) in [5.74, 6) is 1.26. The largest absolute Gasteiger partial charge is 0.493 e. The van der Waals surface area contributed by atoms with Crippen molar-refractivity contribution in [3.63, 3.8) is 0 Å². The summed E-state index contributed by atoms with van der Waals surface area (Å²) < 4.78 is 28.4. The van der Waals surface area contributed by atoms with E-state index in [2.05, 4.69) is 4.90 Å². The van der Waals surface area contributed by atoms with Crippen molar-refractivity contribution < 1.29 is 33.3 Å². The maximum absolute atomic E-state index is 13.0. The predicted molar refractivity (Wildman–Crippen MR) is 151 cm³/mol. The first-order chi connectivity index (χ1) is 19.2. The van der Waals surface area contributed by atoms with Crippen molar-refractivity contribution in [3.05, 3.63) is 54.1 Å². The molecule has 2 heterocycles. The summed E-state index contributed by atoms with van der Waals surface area (Å²) in [6, 6.07) is 15.1. The molecule has 0 aromatic heterocycles. The molecule has 0 bridgehead atoms. The molecule has 2 amide bonds. The predicted octanol–water partition coefficient (Wildman–Crippen LogP) is 4.56. The van der Waals surface area contributed by atoms with Gasteiger partial charge in [0.25, 0.3) is 0 Å². The average molecular weight is 556 g/mol. The molecular weight excluding hydrogens is 514 g/mol. The zero-order valence-corrected chi connectivity index (χ0v) is 24.0. The van der Waals surface area contributed by atoms with Crippen molar-refractivity contribution in [2.24, 2.45) is 0 Å². The second-order valence-electron chi connectivity index (χ2n) is 10.9. The van der Waals surface area contributed by atoms with Gasteiger partial charge in [0.05, 0.1) is 33.0 Å². The molecule has 1 atom stereocenters. The molecule has 2 saturated heterocycles. The summed E-state index contributed by atoms with van der Waals surface area (Å²) in [7, 11) is 1.62. The van der Waals surface area contributed by atoms with E-state index in [4.69, 9.17) is 23.7 Å². The Labute approximate surface area is 236 Å². The Morgan fingerprint density at radius 3 is 2.40 bits per heavy atom. The van der Waals surface area contributed by atoms with Gasteiger partial charge < -0.3 is 38.4 Å². The molecule has 2 aliphatic heterocycles. The highest BCUT2D eigenvalue weighted by molar-refractivity contribution is 5.71. The van der Waals surface area contributed by atoms with Gasteiger partial charge in [0.2, 0.25) is 0 Å². The van der Waals surface area contributed by atoms with Crippen molar-refractivity contribution in [2.75, 3.05) is 64.6 Å². The quantitative estimate of drug-likeness (QED) is 0.469. The van der Waals surface area contributed by atoms with E-state index in [0.29, 0.717) is 57.4 Å². The number of anilines is 1. The summed E-state index contributed by atoms with van der Waals surface area (Å²) in [4.78, 5) is 31.5. The van der Waals surface area contributed by atoms with Gasteiger partial charge in [-0.05, 0) is 38.5 Å². The summed E-state index contributed by atoms with van der Waals surface area (Å²) in [5, 5.41) is 0. The minimum absolute atomic E-state index is 0.194. The van der Waals surface area contributed by atoms with Crippen LogP contribution in [0.5, 0.6) is 11.5 Å². The van der Waals surface area contributed by atoms with E-state index in [1.165, 1.54) is 0 Å². The van der Waals surface area contributed by atoms with Gasteiger partial charge in [0.1, 0.15) is 12.2 Å². The number of nitrogens with zero attached hydrogens (tertiary/aromatic N) is 3. The second kappa shape index (κ2) is 13.6. The molecule has 2 aromatic rings. The van der Waals surface area contributed by atoms with Gasteiger partial charge in [-0.25, -0.2) is 9.59 Å². The molecule has 4 rings (SSSR count). The van der Waals surface area contributed by atoms with Gasteiger partial charge in [-0.2, -0.15) is 0 Å². The Morgan fingerprint density at radius 1 is 0.950 bits per heavy atom. The molecule has 2 aromatic carbocycles. The highest BCUT2D eigenvalue weighted by Crippen LogP contribution is 2.32. The number of hydrogen-bond donors (Lipinski definition) is 0. The van der Waals surface area contributed by atoms with Crippen LogP contribution in [0, 0.1) is 0 Å². The number of ether oxygens (including phenoxy) is 5. The number of carbonyl (C=O) groups is 2. The van der Waals surface area contributed by atoms with E-state index >= 15 is 0 Å². The smallest absolute Gasteiger partial charge is 0.410 e. The van der Waals surface area contributed by atoms with E-state index < -0.39 is 17.8 Å². The van der Waals surface area contributed by atoms with E-state index in [1.54, 1.807) is 16.9 Å². The lowest BCUT2D eigenvalue weighted by Crippen LogP contribution is -2.57. The first-order valence-electron chi connectivity index (χ1n) is 13.8. The van der Waals surface area contributed by atoms with Gasteiger partial charge in [0.15, 0.2) is 11.5 Å². The fourth-order valence-electron chi connectivity index (χ4n) is 4.74. The van der Waals surface area contributed by atoms with Crippen LogP contribution in [0.4, 0.5) is 15.3 Å².